The van der Waals surface area contributed by atoms with Crippen molar-refractivity contribution in [2.24, 2.45) is 0 Å². The average molecular weight is 437 g/mol. The van der Waals surface area contributed by atoms with Crippen LogP contribution in [0, 0.1) is 0 Å². The fourth-order valence-corrected chi connectivity index (χ4v) is 5.72. The molecule has 146 valence electrons. The molecule has 0 N–H and O–H groups in total. The minimum atomic E-state index is -3.63. The van der Waals surface area contributed by atoms with Crippen LogP contribution < -0.4 is 4.74 Å². The predicted octanol–water partition coefficient (Wildman–Crippen LogP) is 3.15. The number of benzene rings is 1. The largest absolute Gasteiger partial charge is 0.435 e. The highest BCUT2D eigenvalue weighted by Crippen LogP contribution is 2.28. The standard InChI is InChI=1S/C16H15ClF2N2O4S2/c17-13-5-6-14(26-13)27(23,24)21-9-7-20(8-10-21)15(22)11-1-3-12(4-2-11)25-16(18)19/h1-6,16H,7-10H2. The van der Waals surface area contributed by atoms with Crippen molar-refractivity contribution in [2.75, 3.05) is 26.2 Å². The summed E-state index contributed by atoms with van der Waals surface area (Å²) < 4.78 is 55.6. The lowest BCUT2D eigenvalue weighted by atomic mass is 10.2. The lowest BCUT2D eigenvalue weighted by Crippen LogP contribution is -2.50. The second-order valence-electron chi connectivity index (χ2n) is 5.66. The van der Waals surface area contributed by atoms with E-state index in [0.29, 0.717) is 9.90 Å². The highest BCUT2D eigenvalue weighted by molar-refractivity contribution is 7.91. The monoisotopic (exact) mass is 436 g/mol. The molecule has 0 unspecified atom stereocenters. The molecule has 0 bridgehead atoms. The second-order valence-corrected chi connectivity index (χ2v) is 9.54. The number of sulfonamides is 1. The molecule has 11 heteroatoms. The summed E-state index contributed by atoms with van der Waals surface area (Å²) >= 11 is 6.80. The van der Waals surface area contributed by atoms with Gasteiger partial charge < -0.3 is 9.64 Å². The first-order chi connectivity index (χ1) is 12.8. The first-order valence-corrected chi connectivity index (χ1v) is 10.5. The molecule has 1 aromatic carbocycles. The quantitative estimate of drug-likeness (QED) is 0.722. The van der Waals surface area contributed by atoms with E-state index in [4.69, 9.17) is 11.6 Å². The molecule has 1 aliphatic heterocycles. The highest BCUT2D eigenvalue weighted by atomic mass is 35.5. The predicted molar refractivity (Wildman–Crippen MR) is 97.1 cm³/mol. The molecular formula is C16H15ClF2N2O4S2. The number of nitrogens with zero attached hydrogens (tertiary/aromatic N) is 2. The number of amides is 1. The molecule has 1 fully saturated rings. The van der Waals surface area contributed by atoms with Crippen LogP contribution in [0.25, 0.3) is 0 Å². The minimum Gasteiger partial charge on any atom is -0.435 e. The molecule has 1 saturated heterocycles. The Balaban J connectivity index is 1.62. The molecule has 0 atom stereocenters. The zero-order valence-electron chi connectivity index (χ0n) is 13.8. The van der Waals surface area contributed by atoms with E-state index in [9.17, 15) is 22.0 Å². The Bertz CT molecular complexity index is 911. The van der Waals surface area contributed by atoms with Gasteiger partial charge in [-0.1, -0.05) is 11.6 Å². The van der Waals surface area contributed by atoms with Crippen molar-refractivity contribution in [3.8, 4) is 5.75 Å². The Kier molecular flexibility index (Phi) is 5.99. The maximum absolute atomic E-state index is 12.6. The van der Waals surface area contributed by atoms with Gasteiger partial charge in [0.1, 0.15) is 9.96 Å². The van der Waals surface area contributed by atoms with Gasteiger partial charge in [-0.05, 0) is 36.4 Å². The number of thiophene rings is 1. The maximum atomic E-state index is 12.6. The van der Waals surface area contributed by atoms with E-state index >= 15 is 0 Å². The number of halogens is 3. The van der Waals surface area contributed by atoms with E-state index in [-0.39, 0.29) is 42.0 Å². The molecule has 2 heterocycles. The van der Waals surface area contributed by atoms with Gasteiger partial charge in [-0.3, -0.25) is 4.79 Å². The van der Waals surface area contributed by atoms with E-state index in [1.165, 1.54) is 45.6 Å². The summed E-state index contributed by atoms with van der Waals surface area (Å²) in [5.41, 5.74) is 0.318. The topological polar surface area (TPSA) is 66.9 Å². The average Bonchev–Trinajstić information content (AvgIpc) is 3.09. The first-order valence-electron chi connectivity index (χ1n) is 7.87. The SMILES string of the molecule is O=C(c1ccc(OC(F)F)cc1)N1CCN(S(=O)(=O)c2ccc(Cl)s2)CC1. The van der Waals surface area contributed by atoms with Gasteiger partial charge in [-0.15, -0.1) is 11.3 Å². The first kappa shape index (κ1) is 20.0. The van der Waals surface area contributed by atoms with Crippen molar-refractivity contribution < 1.29 is 26.7 Å². The van der Waals surface area contributed by atoms with Gasteiger partial charge in [-0.2, -0.15) is 13.1 Å². The van der Waals surface area contributed by atoms with Crippen LogP contribution in [0.15, 0.2) is 40.6 Å². The Morgan fingerprint density at radius 1 is 1.07 bits per heavy atom. The molecule has 3 rings (SSSR count). The number of piperazine rings is 1. The van der Waals surface area contributed by atoms with Crippen LogP contribution in [0.5, 0.6) is 5.75 Å². The third-order valence-corrected chi connectivity index (χ3v) is 7.59. The summed E-state index contributed by atoms with van der Waals surface area (Å²) in [5, 5.41) is 0. The van der Waals surface area contributed by atoms with Crippen molar-refractivity contribution in [2.45, 2.75) is 10.8 Å². The Morgan fingerprint density at radius 3 is 2.22 bits per heavy atom. The van der Waals surface area contributed by atoms with Crippen molar-refractivity contribution in [1.82, 2.24) is 9.21 Å². The van der Waals surface area contributed by atoms with E-state index in [2.05, 4.69) is 4.74 Å². The Morgan fingerprint density at radius 2 is 1.70 bits per heavy atom. The molecular weight excluding hydrogens is 422 g/mol. The molecule has 0 spiro atoms. The minimum absolute atomic E-state index is 0.0351. The number of hydrogen-bond acceptors (Lipinski definition) is 5. The molecule has 1 amide bonds. The van der Waals surface area contributed by atoms with Crippen molar-refractivity contribution in [1.29, 1.82) is 0 Å². The fraction of sp³-hybridized carbons (Fsp3) is 0.312. The number of carbonyl (C=O) groups excluding carboxylic acids is 1. The zero-order chi connectivity index (χ0) is 19.6. The van der Waals surface area contributed by atoms with Gasteiger partial charge >= 0.3 is 6.61 Å². The highest BCUT2D eigenvalue weighted by Gasteiger charge is 2.31. The summed E-state index contributed by atoms with van der Waals surface area (Å²) in [4.78, 5) is 14.0. The van der Waals surface area contributed by atoms with Crippen LogP contribution in [0.3, 0.4) is 0 Å². The van der Waals surface area contributed by atoms with Gasteiger partial charge in [0.05, 0.1) is 4.34 Å². The van der Waals surface area contributed by atoms with Gasteiger partial charge in [0, 0.05) is 31.7 Å². The fourth-order valence-electron chi connectivity index (χ4n) is 2.66. The zero-order valence-corrected chi connectivity index (χ0v) is 16.2. The van der Waals surface area contributed by atoms with Crippen LogP contribution in [0.4, 0.5) is 8.78 Å². The number of ether oxygens (including phenoxy) is 1. The molecule has 1 aliphatic rings. The lowest BCUT2D eigenvalue weighted by Gasteiger charge is -2.33. The molecule has 27 heavy (non-hydrogen) atoms. The Labute approximate surface area is 164 Å². The summed E-state index contributed by atoms with van der Waals surface area (Å²) in [6.45, 7) is -2.15. The smallest absolute Gasteiger partial charge is 0.387 e. The van der Waals surface area contributed by atoms with Gasteiger partial charge in [-0.25, -0.2) is 8.42 Å². The Hall–Kier alpha value is -1.75. The van der Waals surface area contributed by atoms with Crippen LogP contribution in [0.2, 0.25) is 4.34 Å². The van der Waals surface area contributed by atoms with Crippen molar-refractivity contribution in [3.05, 3.63) is 46.3 Å². The van der Waals surface area contributed by atoms with Gasteiger partial charge in [0.2, 0.25) is 0 Å². The number of hydrogen-bond donors (Lipinski definition) is 0. The number of alkyl halides is 2. The van der Waals surface area contributed by atoms with E-state index in [1.807, 2.05) is 0 Å². The molecule has 0 saturated carbocycles. The maximum Gasteiger partial charge on any atom is 0.387 e. The number of carbonyl (C=O) groups is 1. The summed E-state index contributed by atoms with van der Waals surface area (Å²) in [5.74, 6) is -0.332. The summed E-state index contributed by atoms with van der Waals surface area (Å²) in [6, 6.07) is 8.37. The molecule has 2 aromatic rings. The third kappa shape index (κ3) is 4.57. The van der Waals surface area contributed by atoms with Crippen LogP contribution in [-0.4, -0.2) is 56.3 Å². The van der Waals surface area contributed by atoms with E-state index in [0.717, 1.165) is 11.3 Å². The number of rotatable bonds is 5. The lowest BCUT2D eigenvalue weighted by molar-refractivity contribution is -0.0498. The van der Waals surface area contributed by atoms with Crippen LogP contribution in [-0.2, 0) is 10.0 Å². The molecule has 1 aromatic heterocycles. The molecule has 6 nitrogen and oxygen atoms in total. The van der Waals surface area contributed by atoms with E-state index < -0.39 is 16.6 Å². The molecule has 0 radical (unpaired) electrons. The van der Waals surface area contributed by atoms with Gasteiger partial charge in [0.15, 0.2) is 0 Å². The van der Waals surface area contributed by atoms with Crippen LogP contribution >= 0.6 is 22.9 Å². The van der Waals surface area contributed by atoms with Gasteiger partial charge in [0.25, 0.3) is 15.9 Å². The summed E-state index contributed by atoms with van der Waals surface area (Å²) in [7, 11) is -3.63. The third-order valence-electron chi connectivity index (χ3n) is 3.99. The van der Waals surface area contributed by atoms with Crippen molar-refractivity contribution in [3.63, 3.8) is 0 Å². The van der Waals surface area contributed by atoms with Crippen molar-refractivity contribution >= 4 is 38.9 Å². The van der Waals surface area contributed by atoms with Crippen LogP contribution in [0.1, 0.15) is 10.4 Å². The normalized spacial score (nSPS) is 15.9. The summed E-state index contributed by atoms with van der Waals surface area (Å²) in [6.07, 6.45) is 0. The molecule has 0 aliphatic carbocycles. The second kappa shape index (κ2) is 8.09. The van der Waals surface area contributed by atoms with E-state index in [1.54, 1.807) is 0 Å².